The molecule has 1 fully saturated rings. The zero-order valence-corrected chi connectivity index (χ0v) is 8.59. The molecule has 0 saturated heterocycles. The van der Waals surface area contributed by atoms with Gasteiger partial charge in [-0.05, 0) is 18.3 Å². The Hall–Kier alpha value is -1.76. The van der Waals surface area contributed by atoms with E-state index >= 15 is 0 Å². The summed E-state index contributed by atoms with van der Waals surface area (Å²) in [5, 5.41) is 11.0. The molecule has 2 bridgehead atoms. The van der Waals surface area contributed by atoms with E-state index < -0.39 is 23.8 Å². The second-order valence-corrected chi connectivity index (χ2v) is 4.13. The van der Waals surface area contributed by atoms with Crippen LogP contribution in [0.3, 0.4) is 0 Å². The number of allylic oxidation sites excluding steroid dienone is 2. The molecule has 2 rings (SSSR count). The third kappa shape index (κ3) is 1.58. The minimum Gasteiger partial charge on any atom is -0.550 e. The van der Waals surface area contributed by atoms with Crippen LogP contribution in [0.25, 0.3) is 0 Å². The molecule has 0 aromatic carbocycles. The molecule has 0 spiro atoms. The van der Waals surface area contributed by atoms with E-state index in [4.69, 9.17) is 11.2 Å². The Labute approximate surface area is 93.3 Å². The van der Waals surface area contributed by atoms with Crippen LogP contribution in [0.2, 0.25) is 0 Å². The average Bonchev–Trinajstić information content (AvgIpc) is 2.84. The van der Waals surface area contributed by atoms with Gasteiger partial charge in [-0.1, -0.05) is 18.1 Å². The van der Waals surface area contributed by atoms with Crippen LogP contribution in [-0.2, 0) is 14.3 Å². The normalized spacial score (nSPS) is 34.7. The van der Waals surface area contributed by atoms with Gasteiger partial charge in [-0.15, -0.1) is 6.42 Å². The first-order valence-corrected chi connectivity index (χ1v) is 5.14. The summed E-state index contributed by atoms with van der Waals surface area (Å²) < 4.78 is 4.81. The van der Waals surface area contributed by atoms with Gasteiger partial charge < -0.3 is 14.6 Å². The van der Waals surface area contributed by atoms with Crippen molar-refractivity contribution in [3.63, 3.8) is 0 Å². The SMILES string of the molecule is C#CCOC(=O)[C@H]1[C@@H](C(=O)[O-])[C@H]2C=C[C@H]1C2. The maximum atomic E-state index is 11.7. The minimum absolute atomic E-state index is 0.0434. The molecular formula is C12H11O4-. The molecule has 4 atom stereocenters. The molecule has 0 heterocycles. The number of rotatable bonds is 3. The highest BCUT2D eigenvalue weighted by molar-refractivity contribution is 5.82. The summed E-state index contributed by atoms with van der Waals surface area (Å²) in [6, 6.07) is 0. The summed E-state index contributed by atoms with van der Waals surface area (Å²) in [6.45, 7) is -0.115. The third-order valence-corrected chi connectivity index (χ3v) is 3.30. The van der Waals surface area contributed by atoms with Crippen LogP contribution in [0, 0.1) is 36.0 Å². The van der Waals surface area contributed by atoms with Gasteiger partial charge in [0.2, 0.25) is 0 Å². The van der Waals surface area contributed by atoms with Crippen LogP contribution in [0.4, 0.5) is 0 Å². The Morgan fingerprint density at radius 1 is 1.38 bits per heavy atom. The van der Waals surface area contributed by atoms with Crippen molar-refractivity contribution in [2.75, 3.05) is 6.61 Å². The maximum absolute atomic E-state index is 11.7. The van der Waals surface area contributed by atoms with Crippen LogP contribution in [0.15, 0.2) is 12.2 Å². The van der Waals surface area contributed by atoms with E-state index in [1.54, 1.807) is 0 Å². The van der Waals surface area contributed by atoms with Crippen LogP contribution >= 0.6 is 0 Å². The van der Waals surface area contributed by atoms with E-state index in [2.05, 4.69) is 5.92 Å². The number of carboxylic acids is 1. The maximum Gasteiger partial charge on any atom is 0.311 e. The van der Waals surface area contributed by atoms with Crippen LogP contribution in [0.5, 0.6) is 0 Å². The molecule has 0 unspecified atom stereocenters. The van der Waals surface area contributed by atoms with E-state index in [0.29, 0.717) is 6.42 Å². The zero-order valence-electron chi connectivity index (χ0n) is 8.59. The molecular weight excluding hydrogens is 208 g/mol. The number of terminal acetylenes is 1. The summed E-state index contributed by atoms with van der Waals surface area (Å²) in [4.78, 5) is 22.7. The first-order valence-electron chi connectivity index (χ1n) is 5.14. The van der Waals surface area contributed by atoms with Crippen molar-refractivity contribution in [3.8, 4) is 12.3 Å². The fourth-order valence-electron chi connectivity index (χ4n) is 2.67. The standard InChI is InChI=1S/C12H12O4/c1-2-5-16-12(15)10-8-4-3-7(6-8)9(10)11(13)14/h1,3-4,7-10H,5-6H2,(H,13,14)/p-1/t7-,8-,9-,10+/m0/s1. The van der Waals surface area contributed by atoms with Gasteiger partial charge in [0, 0.05) is 11.9 Å². The Kier molecular flexibility index (Phi) is 2.69. The number of aliphatic carboxylic acids is 1. The van der Waals surface area contributed by atoms with Gasteiger partial charge in [0.1, 0.15) is 0 Å². The van der Waals surface area contributed by atoms with E-state index in [9.17, 15) is 14.7 Å². The highest BCUT2D eigenvalue weighted by atomic mass is 16.5. The molecule has 0 aromatic rings. The number of carbonyl (C=O) groups excluding carboxylic acids is 2. The fourth-order valence-corrected chi connectivity index (χ4v) is 2.67. The molecule has 16 heavy (non-hydrogen) atoms. The van der Waals surface area contributed by atoms with Gasteiger partial charge in [0.15, 0.2) is 6.61 Å². The van der Waals surface area contributed by atoms with E-state index in [1.165, 1.54) is 0 Å². The average molecular weight is 219 g/mol. The molecule has 0 aromatic heterocycles. The second kappa shape index (κ2) is 4.01. The smallest absolute Gasteiger partial charge is 0.311 e. The molecule has 2 aliphatic carbocycles. The van der Waals surface area contributed by atoms with Crippen molar-refractivity contribution in [1.82, 2.24) is 0 Å². The lowest BCUT2D eigenvalue weighted by Gasteiger charge is -2.26. The van der Waals surface area contributed by atoms with Gasteiger partial charge in [-0.25, -0.2) is 0 Å². The Balaban J connectivity index is 2.14. The molecule has 0 aliphatic heterocycles. The minimum atomic E-state index is -1.18. The van der Waals surface area contributed by atoms with Crippen LogP contribution in [0.1, 0.15) is 6.42 Å². The molecule has 4 heteroatoms. The van der Waals surface area contributed by atoms with Crippen molar-refractivity contribution in [1.29, 1.82) is 0 Å². The number of hydrogen-bond donors (Lipinski definition) is 0. The van der Waals surface area contributed by atoms with Crippen molar-refractivity contribution in [2.45, 2.75) is 6.42 Å². The Morgan fingerprint density at radius 3 is 2.56 bits per heavy atom. The molecule has 0 radical (unpaired) electrons. The van der Waals surface area contributed by atoms with Crippen molar-refractivity contribution in [3.05, 3.63) is 12.2 Å². The summed E-state index contributed by atoms with van der Waals surface area (Å²) in [5.74, 6) is -1.06. The number of carbonyl (C=O) groups is 2. The monoisotopic (exact) mass is 219 g/mol. The number of esters is 1. The van der Waals surface area contributed by atoms with Gasteiger partial charge in [-0.3, -0.25) is 4.79 Å². The van der Waals surface area contributed by atoms with Gasteiger partial charge in [-0.2, -0.15) is 0 Å². The van der Waals surface area contributed by atoms with Crippen molar-refractivity contribution in [2.24, 2.45) is 23.7 Å². The lowest BCUT2D eigenvalue weighted by atomic mass is 9.83. The Morgan fingerprint density at radius 2 is 2.00 bits per heavy atom. The number of fused-ring (bicyclic) bond motifs is 2. The highest BCUT2D eigenvalue weighted by Gasteiger charge is 2.49. The van der Waals surface area contributed by atoms with E-state index in [0.717, 1.165) is 0 Å². The second-order valence-electron chi connectivity index (χ2n) is 4.13. The van der Waals surface area contributed by atoms with Gasteiger partial charge in [0.25, 0.3) is 0 Å². The lowest BCUT2D eigenvalue weighted by molar-refractivity contribution is -0.314. The summed E-state index contributed by atoms with van der Waals surface area (Å²) in [5.41, 5.74) is 0. The topological polar surface area (TPSA) is 66.4 Å². The number of carboxylic acid groups (broad SMARTS) is 1. The largest absolute Gasteiger partial charge is 0.550 e. The Bertz CT molecular complexity index is 390. The summed E-state index contributed by atoms with van der Waals surface area (Å²) in [7, 11) is 0. The summed E-state index contributed by atoms with van der Waals surface area (Å²) >= 11 is 0. The molecule has 0 N–H and O–H groups in total. The molecule has 0 amide bonds. The van der Waals surface area contributed by atoms with Crippen LogP contribution in [-0.4, -0.2) is 18.5 Å². The predicted molar refractivity (Wildman–Crippen MR) is 52.5 cm³/mol. The summed E-state index contributed by atoms with van der Waals surface area (Å²) in [6.07, 6.45) is 9.39. The molecule has 2 aliphatic rings. The first-order chi connectivity index (χ1) is 7.65. The van der Waals surface area contributed by atoms with Gasteiger partial charge in [0.05, 0.1) is 5.92 Å². The highest BCUT2D eigenvalue weighted by Crippen LogP contribution is 2.48. The third-order valence-electron chi connectivity index (χ3n) is 3.30. The van der Waals surface area contributed by atoms with E-state index in [-0.39, 0.29) is 18.4 Å². The fraction of sp³-hybridized carbons (Fsp3) is 0.500. The zero-order chi connectivity index (χ0) is 11.7. The van der Waals surface area contributed by atoms with Crippen LogP contribution < -0.4 is 5.11 Å². The molecule has 1 saturated carbocycles. The lowest BCUT2D eigenvalue weighted by Crippen LogP contribution is -2.41. The number of ether oxygens (including phenoxy) is 1. The van der Waals surface area contributed by atoms with E-state index in [1.807, 2.05) is 12.2 Å². The molecule has 84 valence electrons. The van der Waals surface area contributed by atoms with Crippen molar-refractivity contribution >= 4 is 11.9 Å². The van der Waals surface area contributed by atoms with Gasteiger partial charge >= 0.3 is 5.97 Å². The molecule has 4 nitrogen and oxygen atoms in total. The van der Waals surface area contributed by atoms with Crippen molar-refractivity contribution < 1.29 is 19.4 Å². The quantitative estimate of drug-likeness (QED) is 0.359. The number of hydrogen-bond acceptors (Lipinski definition) is 4. The predicted octanol–water partition coefficient (Wildman–Crippen LogP) is -0.649. The first kappa shape index (κ1) is 10.7.